The largest absolute Gasteiger partial charge is 0.477 e. The molecule has 0 spiro atoms. The van der Waals surface area contributed by atoms with Crippen molar-refractivity contribution < 1.29 is 19.6 Å². The summed E-state index contributed by atoms with van der Waals surface area (Å²) >= 11 is 8.56. The molecule has 0 saturated carbocycles. The fourth-order valence-electron chi connectivity index (χ4n) is 4.14. The summed E-state index contributed by atoms with van der Waals surface area (Å²) in [4.78, 5) is 30.7. The molecule has 0 radical (unpaired) electrons. The van der Waals surface area contributed by atoms with Gasteiger partial charge in [-0.05, 0) is 36.3 Å². The predicted molar refractivity (Wildman–Crippen MR) is 143 cm³/mol. The van der Waals surface area contributed by atoms with Gasteiger partial charge in [0.15, 0.2) is 0 Å². The van der Waals surface area contributed by atoms with Crippen LogP contribution in [0.15, 0.2) is 65.7 Å². The van der Waals surface area contributed by atoms with E-state index in [1.165, 1.54) is 35.2 Å². The predicted octanol–water partition coefficient (Wildman–Crippen LogP) is 5.23. The molecule has 1 amide bonds. The summed E-state index contributed by atoms with van der Waals surface area (Å²) < 4.78 is 5.89. The smallest absolute Gasteiger partial charge is 0.269 e. The highest BCUT2D eigenvalue weighted by Gasteiger charge is 2.58. The van der Waals surface area contributed by atoms with Crippen molar-refractivity contribution >= 4 is 56.9 Å². The lowest BCUT2D eigenvalue weighted by atomic mass is 9.90. The maximum Gasteiger partial charge on any atom is 0.269 e. The number of non-ortho nitro benzene ring substituents is 1. The Labute approximate surface area is 220 Å². The molecule has 184 valence electrons. The number of carbonyl (C=O) groups excluding carboxylic acids is 1. The molecule has 2 aromatic carbocycles. The van der Waals surface area contributed by atoms with Crippen molar-refractivity contribution in [3.63, 3.8) is 0 Å². The first kappa shape index (κ1) is 24.6. The van der Waals surface area contributed by atoms with Gasteiger partial charge in [0.25, 0.3) is 5.69 Å². The fraction of sp³-hybridized carbons (Fsp3) is 0.240. The van der Waals surface area contributed by atoms with Crippen LogP contribution in [-0.2, 0) is 16.1 Å². The monoisotopic (exact) mass is 539 g/mol. The SMILES string of the molecule is CC[C@H](O)[C@@H]1C(=O)N2C(C(=S)OCc3ccc([N+](=O)[O-])cc3)=C(c3nc(-c4ccccc4)cs3)S[C@H]12. The van der Waals surface area contributed by atoms with Crippen LogP contribution in [-0.4, -0.2) is 42.3 Å². The van der Waals surface area contributed by atoms with Crippen LogP contribution in [0.3, 0.4) is 0 Å². The van der Waals surface area contributed by atoms with E-state index in [1.54, 1.807) is 17.0 Å². The molecule has 8 nitrogen and oxygen atoms in total. The summed E-state index contributed by atoms with van der Waals surface area (Å²) in [5, 5.41) is 23.9. The van der Waals surface area contributed by atoms with E-state index in [0.717, 1.165) is 21.2 Å². The zero-order chi connectivity index (χ0) is 25.4. The van der Waals surface area contributed by atoms with Crippen molar-refractivity contribution in [2.24, 2.45) is 5.92 Å². The number of β-lactam (4-membered cyclic amide) rings is 1. The van der Waals surface area contributed by atoms with Crippen LogP contribution >= 0.6 is 35.3 Å². The van der Waals surface area contributed by atoms with Crippen LogP contribution in [0.4, 0.5) is 5.69 Å². The number of aliphatic hydroxyl groups excluding tert-OH is 1. The third-order valence-corrected chi connectivity index (χ3v) is 8.76. The van der Waals surface area contributed by atoms with Crippen molar-refractivity contribution in [3.05, 3.63) is 86.4 Å². The van der Waals surface area contributed by atoms with E-state index in [2.05, 4.69) is 0 Å². The van der Waals surface area contributed by atoms with Gasteiger partial charge in [-0.25, -0.2) is 4.98 Å². The molecule has 3 atom stereocenters. The molecule has 3 aromatic rings. The molecule has 2 aliphatic rings. The molecule has 1 aromatic heterocycles. The van der Waals surface area contributed by atoms with Crippen LogP contribution in [0.1, 0.15) is 23.9 Å². The summed E-state index contributed by atoms with van der Waals surface area (Å²) in [6, 6.07) is 15.8. The van der Waals surface area contributed by atoms with E-state index in [9.17, 15) is 20.0 Å². The Kier molecular flexibility index (Phi) is 6.89. The number of ether oxygens (including phenoxy) is 1. The van der Waals surface area contributed by atoms with Gasteiger partial charge in [-0.3, -0.25) is 19.8 Å². The summed E-state index contributed by atoms with van der Waals surface area (Å²) in [5.41, 5.74) is 3.00. The number of thiazole rings is 1. The Balaban J connectivity index is 1.43. The first-order valence-electron chi connectivity index (χ1n) is 11.2. The van der Waals surface area contributed by atoms with Crippen LogP contribution in [0.5, 0.6) is 0 Å². The van der Waals surface area contributed by atoms with Crippen LogP contribution < -0.4 is 0 Å². The minimum Gasteiger partial charge on any atom is -0.477 e. The Hall–Kier alpha value is -3.12. The Morgan fingerprint density at radius 1 is 1.25 bits per heavy atom. The third kappa shape index (κ3) is 4.43. The fourth-order valence-corrected chi connectivity index (χ4v) is 6.97. The molecule has 1 fully saturated rings. The van der Waals surface area contributed by atoms with E-state index >= 15 is 0 Å². The summed E-state index contributed by atoms with van der Waals surface area (Å²) in [6.07, 6.45) is -0.264. The number of fused-ring (bicyclic) bond motifs is 1. The van der Waals surface area contributed by atoms with Gasteiger partial charge in [-0.15, -0.1) is 11.3 Å². The molecule has 3 heterocycles. The summed E-state index contributed by atoms with van der Waals surface area (Å²) in [7, 11) is 0. The Morgan fingerprint density at radius 3 is 2.64 bits per heavy atom. The molecule has 0 bridgehead atoms. The second kappa shape index (κ2) is 10.1. The maximum absolute atomic E-state index is 13.1. The molecule has 5 rings (SSSR count). The number of hydrogen-bond acceptors (Lipinski definition) is 9. The van der Waals surface area contributed by atoms with Crippen LogP contribution in [0.2, 0.25) is 0 Å². The lowest BCUT2D eigenvalue weighted by Crippen LogP contribution is -2.61. The van der Waals surface area contributed by atoms with E-state index in [4.69, 9.17) is 21.9 Å². The summed E-state index contributed by atoms with van der Waals surface area (Å²) in [6.45, 7) is 1.94. The first-order chi connectivity index (χ1) is 17.4. The number of carbonyl (C=O) groups is 1. The van der Waals surface area contributed by atoms with Gasteiger partial charge in [0.05, 0.1) is 27.5 Å². The lowest BCUT2D eigenvalue weighted by molar-refractivity contribution is -0.384. The van der Waals surface area contributed by atoms with E-state index in [1.807, 2.05) is 42.6 Å². The second-order valence-electron chi connectivity index (χ2n) is 8.30. The number of rotatable bonds is 8. The van der Waals surface area contributed by atoms with E-state index in [-0.39, 0.29) is 28.6 Å². The minimum atomic E-state index is -0.738. The Morgan fingerprint density at radius 2 is 1.97 bits per heavy atom. The molecular weight excluding hydrogens is 518 g/mol. The number of thioether (sulfide) groups is 1. The third-order valence-electron chi connectivity index (χ3n) is 6.09. The molecule has 11 heteroatoms. The minimum absolute atomic E-state index is 0.00829. The van der Waals surface area contributed by atoms with E-state index < -0.39 is 16.9 Å². The molecular formula is C25H21N3O5S3. The zero-order valence-electron chi connectivity index (χ0n) is 19.1. The maximum atomic E-state index is 13.1. The standard InChI is InChI=1S/C25H21N3O5S3/c1-2-18(29)19-23(30)27-20(25(34)33-12-14-8-10-16(11-9-14)28(31)32)21(36-24(19)27)22-26-17(13-35-22)15-6-4-3-5-7-15/h3-11,13,18-19,24,29H,2,12H2,1H3/t18-,19+,24+/m0/s1. The van der Waals surface area contributed by atoms with Gasteiger partial charge in [0, 0.05) is 23.1 Å². The number of nitro benzene ring substituents is 1. The molecule has 2 aliphatic heterocycles. The van der Waals surface area contributed by atoms with Gasteiger partial charge in [0.2, 0.25) is 11.0 Å². The zero-order valence-corrected chi connectivity index (χ0v) is 21.5. The van der Waals surface area contributed by atoms with Gasteiger partial charge < -0.3 is 9.84 Å². The normalized spacial score (nSPS) is 19.6. The number of benzene rings is 2. The highest BCUT2D eigenvalue weighted by Crippen LogP contribution is 2.55. The molecule has 1 saturated heterocycles. The van der Waals surface area contributed by atoms with E-state index in [0.29, 0.717) is 17.7 Å². The van der Waals surface area contributed by atoms with Crippen molar-refractivity contribution in [1.82, 2.24) is 9.88 Å². The number of hydrogen-bond donors (Lipinski definition) is 1. The van der Waals surface area contributed by atoms with Crippen LogP contribution in [0.25, 0.3) is 16.2 Å². The Bertz CT molecular complexity index is 1360. The van der Waals surface area contributed by atoms with Gasteiger partial charge in [-0.2, -0.15) is 0 Å². The molecule has 0 aliphatic carbocycles. The van der Waals surface area contributed by atoms with Gasteiger partial charge in [0.1, 0.15) is 22.7 Å². The average Bonchev–Trinajstić information content (AvgIpc) is 3.51. The molecule has 1 N–H and O–H groups in total. The van der Waals surface area contributed by atoms with Gasteiger partial charge in [-0.1, -0.05) is 49.0 Å². The van der Waals surface area contributed by atoms with Crippen LogP contribution in [0, 0.1) is 16.0 Å². The number of thiocarbonyl (C=S) groups is 1. The second-order valence-corrected chi connectivity index (χ2v) is 10.7. The van der Waals surface area contributed by atoms with Crippen molar-refractivity contribution in [1.29, 1.82) is 0 Å². The molecule has 36 heavy (non-hydrogen) atoms. The number of aromatic nitrogens is 1. The van der Waals surface area contributed by atoms with Crippen molar-refractivity contribution in [3.8, 4) is 11.3 Å². The number of aliphatic hydroxyl groups is 1. The van der Waals surface area contributed by atoms with Crippen molar-refractivity contribution in [2.45, 2.75) is 31.4 Å². The lowest BCUT2D eigenvalue weighted by Gasteiger charge is -2.44. The highest BCUT2D eigenvalue weighted by molar-refractivity contribution is 8.09. The number of nitro groups is 1. The quantitative estimate of drug-likeness (QED) is 0.179. The topological polar surface area (TPSA) is 106 Å². The number of nitrogens with zero attached hydrogens (tertiary/aromatic N) is 3. The first-order valence-corrected chi connectivity index (χ1v) is 13.4. The molecule has 0 unspecified atom stereocenters. The highest BCUT2D eigenvalue weighted by atomic mass is 32.2. The van der Waals surface area contributed by atoms with Crippen molar-refractivity contribution in [2.75, 3.05) is 0 Å². The average molecular weight is 540 g/mol. The van der Waals surface area contributed by atoms with Gasteiger partial charge >= 0.3 is 0 Å². The number of amides is 1. The summed E-state index contributed by atoms with van der Waals surface area (Å²) in [5.74, 6) is -0.702.